The van der Waals surface area contributed by atoms with Crippen LogP contribution in [0.25, 0.3) is 0 Å². The highest BCUT2D eigenvalue weighted by atomic mass is 79.9. The van der Waals surface area contributed by atoms with Crippen LogP contribution in [-0.2, 0) is 4.74 Å². The van der Waals surface area contributed by atoms with Gasteiger partial charge in [0.2, 0.25) is 0 Å². The summed E-state index contributed by atoms with van der Waals surface area (Å²) >= 11 is 3.39. The van der Waals surface area contributed by atoms with Gasteiger partial charge in [0.15, 0.2) is 0 Å². The number of piperidine rings is 1. The van der Waals surface area contributed by atoms with E-state index < -0.39 is 6.10 Å². The quantitative estimate of drug-likeness (QED) is 0.669. The summed E-state index contributed by atoms with van der Waals surface area (Å²) in [7, 11) is 0. The van der Waals surface area contributed by atoms with Crippen molar-refractivity contribution < 1.29 is 19.5 Å². The third kappa shape index (κ3) is 7.21. The number of halogens is 1. The van der Waals surface area contributed by atoms with Crippen LogP contribution in [0.4, 0.5) is 0 Å². The van der Waals surface area contributed by atoms with Gasteiger partial charge in [-0.2, -0.15) is 0 Å². The Hall–Kier alpha value is -0.620. The van der Waals surface area contributed by atoms with E-state index in [9.17, 15) is 5.11 Å². The maximum atomic E-state index is 10.1. The Bertz CT molecular complexity index is 444. The smallest absolute Gasteiger partial charge is 0.126 e. The average Bonchev–Trinajstić information content (AvgIpc) is 2.47. The Morgan fingerprint density at radius 1 is 1.17 bits per heavy atom. The molecule has 1 aromatic rings. The van der Waals surface area contributed by atoms with Crippen molar-refractivity contribution in [2.45, 2.75) is 26.4 Å². The number of quaternary nitrogens is 1. The number of likely N-dealkylation sites (tertiary alicyclic amines) is 1. The van der Waals surface area contributed by atoms with Gasteiger partial charge in [-0.15, -0.1) is 0 Å². The number of ether oxygens (including phenoxy) is 2. The Labute approximate surface area is 147 Å². The Morgan fingerprint density at radius 2 is 1.83 bits per heavy atom. The van der Waals surface area contributed by atoms with E-state index in [0.29, 0.717) is 19.8 Å². The molecule has 0 saturated carbocycles. The Balaban J connectivity index is 1.56. The third-order valence-corrected chi connectivity index (χ3v) is 4.75. The van der Waals surface area contributed by atoms with Gasteiger partial charge >= 0.3 is 0 Å². The van der Waals surface area contributed by atoms with E-state index in [2.05, 4.69) is 29.8 Å². The maximum absolute atomic E-state index is 10.1. The maximum Gasteiger partial charge on any atom is 0.126 e. The highest BCUT2D eigenvalue weighted by molar-refractivity contribution is 9.10. The first-order chi connectivity index (χ1) is 11.0. The lowest BCUT2D eigenvalue weighted by Gasteiger charge is -2.33. The molecule has 1 saturated heterocycles. The van der Waals surface area contributed by atoms with E-state index in [1.807, 2.05) is 24.3 Å². The van der Waals surface area contributed by atoms with E-state index in [1.165, 1.54) is 11.3 Å². The molecule has 1 heterocycles. The van der Waals surface area contributed by atoms with E-state index in [0.717, 1.165) is 41.7 Å². The van der Waals surface area contributed by atoms with Crippen LogP contribution in [0.2, 0.25) is 0 Å². The summed E-state index contributed by atoms with van der Waals surface area (Å²) in [5, 5.41) is 10.1. The van der Waals surface area contributed by atoms with E-state index in [-0.39, 0.29) is 0 Å². The molecule has 1 aromatic carbocycles. The van der Waals surface area contributed by atoms with Gasteiger partial charge < -0.3 is 19.5 Å². The average molecular weight is 387 g/mol. The second-order valence-corrected chi connectivity index (χ2v) is 7.76. The van der Waals surface area contributed by atoms with Gasteiger partial charge in [-0.05, 0) is 30.7 Å². The number of aliphatic hydroxyl groups is 1. The van der Waals surface area contributed by atoms with Crippen molar-refractivity contribution in [2.24, 2.45) is 11.8 Å². The lowest BCUT2D eigenvalue weighted by atomic mass is 9.92. The monoisotopic (exact) mass is 386 g/mol. The predicted octanol–water partition coefficient (Wildman–Crippen LogP) is 1.77. The van der Waals surface area contributed by atoms with E-state index >= 15 is 0 Å². The zero-order valence-electron chi connectivity index (χ0n) is 14.1. The first-order valence-electron chi connectivity index (χ1n) is 8.50. The fourth-order valence-electron chi connectivity index (χ4n) is 3.45. The largest absolute Gasteiger partial charge is 0.491 e. The fraction of sp³-hybridized carbons (Fsp3) is 0.667. The summed E-state index contributed by atoms with van der Waals surface area (Å²) in [6.07, 6.45) is 0.916. The second-order valence-electron chi connectivity index (χ2n) is 6.84. The minimum Gasteiger partial charge on any atom is -0.491 e. The molecule has 1 aliphatic heterocycles. The molecule has 4 nitrogen and oxygen atoms in total. The number of hydrogen-bond acceptors (Lipinski definition) is 3. The van der Waals surface area contributed by atoms with E-state index in [1.54, 1.807) is 0 Å². The first-order valence-corrected chi connectivity index (χ1v) is 9.30. The Kier molecular flexibility index (Phi) is 7.83. The van der Waals surface area contributed by atoms with Crippen molar-refractivity contribution in [1.29, 1.82) is 0 Å². The number of hydrogen-bond donors (Lipinski definition) is 2. The molecule has 1 aliphatic rings. The van der Waals surface area contributed by atoms with Gasteiger partial charge in [0.25, 0.3) is 0 Å². The van der Waals surface area contributed by atoms with Crippen LogP contribution in [0.3, 0.4) is 0 Å². The summed E-state index contributed by atoms with van der Waals surface area (Å²) in [5.74, 6) is 2.33. The summed E-state index contributed by atoms with van der Waals surface area (Å²) in [5.41, 5.74) is 0. The number of rotatable bonds is 8. The first kappa shape index (κ1) is 18.7. The number of benzene rings is 1. The summed E-state index contributed by atoms with van der Waals surface area (Å²) < 4.78 is 12.2. The van der Waals surface area contributed by atoms with Gasteiger partial charge in [0.05, 0.1) is 26.3 Å². The van der Waals surface area contributed by atoms with Crippen LogP contribution >= 0.6 is 15.9 Å². The second kappa shape index (κ2) is 9.62. The standard InChI is InChI=1S/C18H28BrNO3/c1-14-9-15(2)11-20(10-14)12-17(21)13-22-7-8-23-18-5-3-16(19)4-6-18/h3-6,14-15,17,21H,7-13H2,1-2H3/p+1/t14-,15+,17-/m0/s1. The molecule has 23 heavy (non-hydrogen) atoms. The van der Waals surface area contributed by atoms with Gasteiger partial charge in [0.1, 0.15) is 25.0 Å². The summed E-state index contributed by atoms with van der Waals surface area (Å²) in [6.45, 7) is 9.09. The van der Waals surface area contributed by atoms with Crippen molar-refractivity contribution >= 4 is 15.9 Å². The molecule has 1 unspecified atom stereocenters. The molecule has 0 aliphatic carbocycles. The minimum atomic E-state index is -0.393. The van der Waals surface area contributed by atoms with Crippen molar-refractivity contribution in [3.05, 3.63) is 28.7 Å². The molecule has 0 radical (unpaired) electrons. The Morgan fingerprint density at radius 3 is 2.48 bits per heavy atom. The van der Waals surface area contributed by atoms with Gasteiger partial charge in [-0.25, -0.2) is 0 Å². The topological polar surface area (TPSA) is 43.1 Å². The molecule has 2 rings (SSSR count). The van der Waals surface area contributed by atoms with Crippen molar-refractivity contribution in [3.63, 3.8) is 0 Å². The molecule has 0 spiro atoms. The molecule has 0 bridgehead atoms. The molecular formula is C18H29BrNO3+. The van der Waals surface area contributed by atoms with Crippen LogP contribution in [0.15, 0.2) is 28.7 Å². The predicted molar refractivity (Wildman–Crippen MR) is 95.0 cm³/mol. The van der Waals surface area contributed by atoms with Crippen molar-refractivity contribution in [3.8, 4) is 5.75 Å². The molecule has 0 amide bonds. The van der Waals surface area contributed by atoms with E-state index in [4.69, 9.17) is 9.47 Å². The van der Waals surface area contributed by atoms with Crippen LogP contribution < -0.4 is 9.64 Å². The lowest BCUT2D eigenvalue weighted by Crippen LogP contribution is -3.15. The van der Waals surface area contributed by atoms with Crippen LogP contribution in [0.5, 0.6) is 5.75 Å². The molecule has 0 aromatic heterocycles. The molecule has 5 heteroatoms. The minimum absolute atomic E-state index is 0.385. The molecule has 2 N–H and O–H groups in total. The van der Waals surface area contributed by atoms with Crippen LogP contribution in [-0.4, -0.2) is 50.7 Å². The SMILES string of the molecule is C[C@@H]1C[C@H](C)C[NH+](C[C@H](O)COCCOc2ccc(Br)cc2)C1. The zero-order valence-corrected chi connectivity index (χ0v) is 15.7. The van der Waals surface area contributed by atoms with Crippen molar-refractivity contribution in [1.82, 2.24) is 0 Å². The highest BCUT2D eigenvalue weighted by Crippen LogP contribution is 2.15. The molecule has 1 fully saturated rings. The summed E-state index contributed by atoms with van der Waals surface area (Å²) in [4.78, 5) is 1.50. The molecule has 4 atom stereocenters. The zero-order chi connectivity index (χ0) is 16.7. The van der Waals surface area contributed by atoms with Gasteiger partial charge in [-0.3, -0.25) is 0 Å². The fourth-order valence-corrected chi connectivity index (χ4v) is 3.71. The number of aliphatic hydroxyl groups excluding tert-OH is 1. The van der Waals surface area contributed by atoms with Crippen LogP contribution in [0, 0.1) is 11.8 Å². The molecule has 130 valence electrons. The van der Waals surface area contributed by atoms with Crippen LogP contribution in [0.1, 0.15) is 20.3 Å². The number of nitrogens with one attached hydrogen (secondary N) is 1. The third-order valence-electron chi connectivity index (χ3n) is 4.22. The highest BCUT2D eigenvalue weighted by Gasteiger charge is 2.26. The van der Waals surface area contributed by atoms with Gasteiger partial charge in [0, 0.05) is 16.3 Å². The molecular weight excluding hydrogens is 358 g/mol. The van der Waals surface area contributed by atoms with Crippen molar-refractivity contribution in [2.75, 3.05) is 39.5 Å². The van der Waals surface area contributed by atoms with Gasteiger partial charge in [-0.1, -0.05) is 29.8 Å². The lowest BCUT2D eigenvalue weighted by molar-refractivity contribution is -0.915. The normalized spacial score (nSPS) is 26.0. The summed E-state index contributed by atoms with van der Waals surface area (Å²) in [6, 6.07) is 7.73.